The lowest BCUT2D eigenvalue weighted by Gasteiger charge is -2.19. The van der Waals surface area contributed by atoms with Crippen molar-refractivity contribution >= 4 is 0 Å². The molecule has 0 saturated heterocycles. The third-order valence-corrected chi connectivity index (χ3v) is 3.27. The molecule has 1 aliphatic heterocycles. The second-order valence-corrected chi connectivity index (χ2v) is 6.57. The maximum absolute atomic E-state index is 5.81. The number of methoxy groups -OCH3 is 1. The van der Waals surface area contributed by atoms with Crippen molar-refractivity contribution in [2.75, 3.05) is 13.7 Å². The highest BCUT2D eigenvalue weighted by atomic mass is 16.5. The first-order chi connectivity index (χ1) is 8.89. The zero-order valence-corrected chi connectivity index (χ0v) is 12.7. The van der Waals surface area contributed by atoms with E-state index in [1.165, 1.54) is 11.1 Å². The summed E-state index contributed by atoms with van der Waals surface area (Å²) in [6, 6.07) is 4.24. The van der Waals surface area contributed by atoms with E-state index < -0.39 is 0 Å². The number of hydrogen-bond donors (Lipinski definition) is 1. The minimum absolute atomic E-state index is 0.275. The second kappa shape index (κ2) is 5.41. The van der Waals surface area contributed by atoms with Crippen LogP contribution in [0, 0.1) is 5.41 Å². The number of hydrogen-bond acceptors (Lipinski definition) is 3. The van der Waals surface area contributed by atoms with E-state index in [1.54, 1.807) is 7.11 Å². The van der Waals surface area contributed by atoms with E-state index in [2.05, 4.69) is 45.1 Å². The summed E-state index contributed by atoms with van der Waals surface area (Å²) in [4.78, 5) is 0. The van der Waals surface area contributed by atoms with Crippen molar-refractivity contribution in [3.05, 3.63) is 23.3 Å². The van der Waals surface area contributed by atoms with Gasteiger partial charge in [0, 0.05) is 30.6 Å². The Labute approximate surface area is 116 Å². The van der Waals surface area contributed by atoms with Crippen LogP contribution in [0.25, 0.3) is 0 Å². The van der Waals surface area contributed by atoms with Crippen LogP contribution in [0.15, 0.2) is 12.1 Å². The minimum Gasteiger partial charge on any atom is -0.496 e. The molecule has 0 saturated carbocycles. The van der Waals surface area contributed by atoms with Gasteiger partial charge in [-0.15, -0.1) is 0 Å². The molecule has 1 aromatic carbocycles. The van der Waals surface area contributed by atoms with Gasteiger partial charge in [0.2, 0.25) is 0 Å². The second-order valence-electron chi connectivity index (χ2n) is 6.57. The first-order valence-electron chi connectivity index (χ1n) is 6.96. The predicted molar refractivity (Wildman–Crippen MR) is 77.9 cm³/mol. The van der Waals surface area contributed by atoms with Gasteiger partial charge in [-0.2, -0.15) is 0 Å². The molecule has 0 spiro atoms. The van der Waals surface area contributed by atoms with Crippen molar-refractivity contribution in [3.63, 3.8) is 0 Å². The van der Waals surface area contributed by atoms with E-state index in [9.17, 15) is 0 Å². The average Bonchev–Trinajstić information content (AvgIpc) is 2.65. The fraction of sp³-hybridized carbons (Fsp3) is 0.625. The highest BCUT2D eigenvalue weighted by Gasteiger charge is 2.21. The van der Waals surface area contributed by atoms with Crippen molar-refractivity contribution in [1.29, 1.82) is 0 Å². The summed E-state index contributed by atoms with van der Waals surface area (Å²) in [6.45, 7) is 10.6. The number of rotatable bonds is 4. The lowest BCUT2D eigenvalue weighted by molar-refractivity contribution is 0.254. The highest BCUT2D eigenvalue weighted by molar-refractivity contribution is 5.48. The van der Waals surface area contributed by atoms with Gasteiger partial charge in [-0.3, -0.25) is 0 Å². The van der Waals surface area contributed by atoms with Gasteiger partial charge in [0.15, 0.2) is 0 Å². The van der Waals surface area contributed by atoms with Crippen LogP contribution in [0.5, 0.6) is 11.5 Å². The van der Waals surface area contributed by atoms with Gasteiger partial charge in [-0.1, -0.05) is 20.8 Å². The normalized spacial score (nSPS) is 18.1. The Hall–Kier alpha value is -1.22. The molecule has 1 unspecified atom stereocenters. The van der Waals surface area contributed by atoms with Gasteiger partial charge in [-0.05, 0) is 24.5 Å². The zero-order valence-electron chi connectivity index (χ0n) is 12.7. The van der Waals surface area contributed by atoms with Gasteiger partial charge >= 0.3 is 0 Å². The summed E-state index contributed by atoms with van der Waals surface area (Å²) < 4.78 is 11.3. The Balaban J connectivity index is 2.10. The van der Waals surface area contributed by atoms with Crippen LogP contribution >= 0.6 is 0 Å². The summed E-state index contributed by atoms with van der Waals surface area (Å²) in [5.74, 6) is 1.97. The average molecular weight is 263 g/mol. The van der Waals surface area contributed by atoms with Gasteiger partial charge in [0.25, 0.3) is 0 Å². The van der Waals surface area contributed by atoms with Gasteiger partial charge in [-0.25, -0.2) is 0 Å². The Bertz CT molecular complexity index is 449. The third kappa shape index (κ3) is 3.63. The molecule has 3 heteroatoms. The third-order valence-electron chi connectivity index (χ3n) is 3.27. The molecule has 1 heterocycles. The van der Waals surface area contributed by atoms with Crippen LogP contribution < -0.4 is 14.8 Å². The molecule has 0 aliphatic carbocycles. The Morgan fingerprint density at radius 2 is 2.11 bits per heavy atom. The van der Waals surface area contributed by atoms with Gasteiger partial charge < -0.3 is 14.8 Å². The zero-order chi connectivity index (χ0) is 14.0. The van der Waals surface area contributed by atoms with Crippen LogP contribution in [-0.2, 0) is 13.0 Å². The molecule has 0 fully saturated rings. The van der Waals surface area contributed by atoms with Crippen LogP contribution in [0.4, 0.5) is 0 Å². The SMILES string of the molecule is COc1cc2c(cc1CNCC(C)(C)C)OC(C)C2. The molecule has 0 amide bonds. The Kier molecular flexibility index (Phi) is 4.04. The standard InChI is InChI=1S/C16H25NO2/c1-11-6-12-7-14(18-5)13(8-15(12)19-11)9-17-10-16(2,3)4/h7-8,11,17H,6,9-10H2,1-5H3. The summed E-state index contributed by atoms with van der Waals surface area (Å²) >= 11 is 0. The fourth-order valence-electron chi connectivity index (χ4n) is 2.38. The van der Waals surface area contributed by atoms with E-state index >= 15 is 0 Å². The molecule has 0 aromatic heterocycles. The Morgan fingerprint density at radius 3 is 2.74 bits per heavy atom. The van der Waals surface area contributed by atoms with E-state index in [1.807, 2.05) is 0 Å². The van der Waals surface area contributed by atoms with Crippen LogP contribution in [0.3, 0.4) is 0 Å². The first kappa shape index (κ1) is 14.2. The summed E-state index contributed by atoms with van der Waals surface area (Å²) in [5.41, 5.74) is 2.71. The van der Waals surface area contributed by atoms with E-state index in [0.29, 0.717) is 0 Å². The number of fused-ring (bicyclic) bond motifs is 1. The summed E-state index contributed by atoms with van der Waals surface area (Å²) in [7, 11) is 1.73. The predicted octanol–water partition coefficient (Wildman–Crippen LogP) is 3.15. The maximum atomic E-state index is 5.81. The molecule has 106 valence electrons. The van der Waals surface area contributed by atoms with E-state index in [4.69, 9.17) is 9.47 Å². The summed E-state index contributed by atoms with van der Waals surface area (Å²) in [5, 5.41) is 3.48. The Morgan fingerprint density at radius 1 is 1.37 bits per heavy atom. The van der Waals surface area contributed by atoms with Crippen LogP contribution in [0.1, 0.15) is 38.8 Å². The maximum Gasteiger partial charge on any atom is 0.123 e. The largest absolute Gasteiger partial charge is 0.496 e. The number of nitrogens with one attached hydrogen (secondary N) is 1. The molecular weight excluding hydrogens is 238 g/mol. The van der Waals surface area contributed by atoms with E-state index in [-0.39, 0.29) is 11.5 Å². The molecule has 0 radical (unpaired) electrons. The van der Waals surface area contributed by atoms with Crippen molar-refractivity contribution in [2.45, 2.75) is 46.8 Å². The molecule has 1 aromatic rings. The molecule has 1 atom stereocenters. The van der Waals surface area contributed by atoms with Crippen molar-refractivity contribution in [3.8, 4) is 11.5 Å². The first-order valence-corrected chi connectivity index (χ1v) is 6.96. The molecule has 19 heavy (non-hydrogen) atoms. The lowest BCUT2D eigenvalue weighted by atomic mass is 9.97. The molecular formula is C16H25NO2. The molecule has 3 nitrogen and oxygen atoms in total. The molecule has 0 bridgehead atoms. The molecule has 1 aliphatic rings. The lowest BCUT2D eigenvalue weighted by Crippen LogP contribution is -2.26. The monoisotopic (exact) mass is 263 g/mol. The molecule has 1 N–H and O–H groups in total. The minimum atomic E-state index is 0.275. The number of benzene rings is 1. The topological polar surface area (TPSA) is 30.5 Å². The smallest absolute Gasteiger partial charge is 0.123 e. The van der Waals surface area contributed by atoms with Gasteiger partial charge in [0.05, 0.1) is 7.11 Å². The molecule has 2 rings (SSSR count). The van der Waals surface area contributed by atoms with E-state index in [0.717, 1.165) is 31.0 Å². The quantitative estimate of drug-likeness (QED) is 0.905. The van der Waals surface area contributed by atoms with Crippen molar-refractivity contribution in [1.82, 2.24) is 5.32 Å². The number of ether oxygens (including phenoxy) is 2. The van der Waals surface area contributed by atoms with Crippen molar-refractivity contribution < 1.29 is 9.47 Å². The van der Waals surface area contributed by atoms with Gasteiger partial charge in [0.1, 0.15) is 17.6 Å². The fourth-order valence-corrected chi connectivity index (χ4v) is 2.38. The van der Waals surface area contributed by atoms with Crippen molar-refractivity contribution in [2.24, 2.45) is 5.41 Å². The van der Waals surface area contributed by atoms with Crippen LogP contribution in [0.2, 0.25) is 0 Å². The highest BCUT2D eigenvalue weighted by Crippen LogP contribution is 2.34. The summed E-state index contributed by atoms with van der Waals surface area (Å²) in [6.07, 6.45) is 1.25. The van der Waals surface area contributed by atoms with Crippen LogP contribution in [-0.4, -0.2) is 19.8 Å².